The quantitative estimate of drug-likeness (QED) is 0.794. The topological polar surface area (TPSA) is 50.6 Å². The van der Waals surface area contributed by atoms with Gasteiger partial charge in [-0.2, -0.15) is 0 Å². The summed E-state index contributed by atoms with van der Waals surface area (Å²) in [5.41, 5.74) is 1.21. The van der Waals surface area contributed by atoms with Crippen LogP contribution in [0.2, 0.25) is 0 Å². The molecule has 0 bridgehead atoms. The molecule has 3 fully saturated rings. The maximum Gasteiger partial charge on any atom is 0.252 e. The van der Waals surface area contributed by atoms with Crippen LogP contribution in [0, 0.1) is 11.8 Å². The lowest BCUT2D eigenvalue weighted by molar-refractivity contribution is -0.138. The van der Waals surface area contributed by atoms with Crippen LogP contribution in [0.5, 0.6) is 0 Å². The predicted octanol–water partition coefficient (Wildman–Crippen LogP) is 0.488. The van der Waals surface area contributed by atoms with Crippen molar-refractivity contribution in [2.24, 2.45) is 18.9 Å². The molecular formula is C16H24N4O2. The van der Waals surface area contributed by atoms with Gasteiger partial charge in [-0.25, -0.2) is 4.98 Å². The normalized spacial score (nSPS) is 32.0. The van der Waals surface area contributed by atoms with Gasteiger partial charge in [0.2, 0.25) is 0 Å². The van der Waals surface area contributed by atoms with Crippen molar-refractivity contribution in [3.05, 3.63) is 18.2 Å². The summed E-state index contributed by atoms with van der Waals surface area (Å²) in [6, 6.07) is 0.296. The fraction of sp³-hybridized carbons (Fsp3) is 0.750. The van der Waals surface area contributed by atoms with Gasteiger partial charge in [-0.3, -0.25) is 9.69 Å². The molecule has 0 aromatic carbocycles. The highest BCUT2D eigenvalue weighted by Crippen LogP contribution is 2.36. The Labute approximate surface area is 131 Å². The summed E-state index contributed by atoms with van der Waals surface area (Å²) in [6.45, 7) is 3.51. The van der Waals surface area contributed by atoms with Crippen molar-refractivity contribution in [3.63, 3.8) is 0 Å². The van der Waals surface area contributed by atoms with E-state index in [0.29, 0.717) is 17.9 Å². The molecule has 0 N–H and O–H groups in total. The van der Waals surface area contributed by atoms with Gasteiger partial charge in [-0.05, 0) is 18.8 Å². The van der Waals surface area contributed by atoms with Crippen molar-refractivity contribution in [3.8, 4) is 0 Å². The number of aryl methyl sites for hydroxylation is 1. The number of nitrogens with zero attached hydrogens (tertiary/aromatic N) is 4. The largest absolute Gasteiger partial charge is 0.368 e. The van der Waals surface area contributed by atoms with Crippen molar-refractivity contribution in [2.75, 3.05) is 26.7 Å². The summed E-state index contributed by atoms with van der Waals surface area (Å²) in [4.78, 5) is 20.9. The second-order valence-electron chi connectivity index (χ2n) is 7.07. The number of imidazole rings is 1. The van der Waals surface area contributed by atoms with Crippen molar-refractivity contribution < 1.29 is 9.53 Å². The highest BCUT2D eigenvalue weighted by Gasteiger charge is 2.51. The first-order valence-electron chi connectivity index (χ1n) is 8.19. The van der Waals surface area contributed by atoms with Gasteiger partial charge < -0.3 is 14.2 Å². The second kappa shape index (κ2) is 5.35. The van der Waals surface area contributed by atoms with Crippen LogP contribution in [0.4, 0.5) is 0 Å². The number of ether oxygens (including phenoxy) is 1. The number of rotatable bonds is 5. The number of carbonyl (C=O) groups is 1. The van der Waals surface area contributed by atoms with Crippen molar-refractivity contribution in [1.29, 1.82) is 0 Å². The Morgan fingerprint density at radius 2 is 2.14 bits per heavy atom. The minimum atomic E-state index is -0.230. The van der Waals surface area contributed by atoms with Crippen molar-refractivity contribution in [2.45, 2.75) is 31.5 Å². The number of fused-ring (bicyclic) bond motifs is 1. The fourth-order valence-electron chi connectivity index (χ4n) is 3.76. The van der Waals surface area contributed by atoms with E-state index in [2.05, 4.69) is 14.5 Å². The molecule has 2 saturated heterocycles. The van der Waals surface area contributed by atoms with Crippen LogP contribution in [0.1, 0.15) is 18.5 Å². The van der Waals surface area contributed by atoms with Crippen molar-refractivity contribution in [1.82, 2.24) is 19.4 Å². The zero-order valence-corrected chi connectivity index (χ0v) is 13.3. The van der Waals surface area contributed by atoms with Crippen molar-refractivity contribution >= 4 is 5.91 Å². The van der Waals surface area contributed by atoms with Crippen LogP contribution in [-0.2, 0) is 23.1 Å². The molecule has 3 aliphatic rings. The van der Waals surface area contributed by atoms with Gasteiger partial charge >= 0.3 is 0 Å². The lowest BCUT2D eigenvalue weighted by atomic mass is 10.0. The number of carbonyl (C=O) groups excluding carboxylic acids is 1. The molecule has 3 heterocycles. The van der Waals surface area contributed by atoms with E-state index in [9.17, 15) is 4.79 Å². The molecule has 1 amide bonds. The first-order chi connectivity index (χ1) is 10.6. The zero-order valence-electron chi connectivity index (χ0n) is 13.3. The number of aromatic nitrogens is 2. The van der Waals surface area contributed by atoms with Gasteiger partial charge in [0.25, 0.3) is 5.91 Å². The molecule has 1 aliphatic carbocycles. The Hall–Kier alpha value is -1.40. The van der Waals surface area contributed by atoms with E-state index < -0.39 is 0 Å². The minimum absolute atomic E-state index is 0.177. The molecule has 2 aliphatic heterocycles. The SMILES string of the molecule is CN1C(=O)[C@@H](OCC2CC2)[C@H]2CN(Cc3cncn3C)C[C@H]21. The molecule has 1 aromatic rings. The number of hydrogen-bond donors (Lipinski definition) is 0. The summed E-state index contributed by atoms with van der Waals surface area (Å²) in [7, 11) is 3.95. The number of likely N-dealkylation sites (N-methyl/N-ethyl adjacent to an activating group) is 1. The van der Waals surface area contributed by atoms with Gasteiger partial charge in [0, 0.05) is 45.8 Å². The summed E-state index contributed by atoms with van der Waals surface area (Å²) in [5.74, 6) is 1.18. The molecule has 6 nitrogen and oxygen atoms in total. The first kappa shape index (κ1) is 14.2. The number of likely N-dealkylation sites (tertiary alicyclic amines) is 2. The van der Waals surface area contributed by atoms with Crippen LogP contribution < -0.4 is 0 Å². The summed E-state index contributed by atoms with van der Waals surface area (Å²) >= 11 is 0. The predicted molar refractivity (Wildman–Crippen MR) is 81.0 cm³/mol. The number of amides is 1. The lowest BCUT2D eigenvalue weighted by Crippen LogP contribution is -2.37. The van der Waals surface area contributed by atoms with E-state index in [4.69, 9.17) is 4.74 Å². The molecule has 3 atom stereocenters. The van der Waals surface area contributed by atoms with Crippen LogP contribution >= 0.6 is 0 Å². The van der Waals surface area contributed by atoms with Gasteiger partial charge in [0.15, 0.2) is 0 Å². The number of hydrogen-bond acceptors (Lipinski definition) is 4. The maximum absolute atomic E-state index is 12.4. The molecule has 1 saturated carbocycles. The summed E-state index contributed by atoms with van der Waals surface area (Å²) in [6.07, 6.45) is 6.05. The average molecular weight is 304 g/mol. The van der Waals surface area contributed by atoms with E-state index in [0.717, 1.165) is 26.2 Å². The van der Waals surface area contributed by atoms with E-state index >= 15 is 0 Å². The molecule has 4 rings (SSSR count). The third kappa shape index (κ3) is 2.44. The molecule has 0 radical (unpaired) electrons. The highest BCUT2D eigenvalue weighted by molar-refractivity contribution is 5.84. The Morgan fingerprint density at radius 3 is 2.82 bits per heavy atom. The van der Waals surface area contributed by atoms with Gasteiger partial charge in [0.05, 0.1) is 24.7 Å². The molecule has 0 spiro atoms. The van der Waals surface area contributed by atoms with Crippen LogP contribution in [0.15, 0.2) is 12.5 Å². The van der Waals surface area contributed by atoms with Crippen LogP contribution in [0.3, 0.4) is 0 Å². The Morgan fingerprint density at radius 1 is 1.32 bits per heavy atom. The summed E-state index contributed by atoms with van der Waals surface area (Å²) < 4.78 is 8.05. The average Bonchev–Trinajstić information content (AvgIpc) is 3.04. The molecule has 22 heavy (non-hydrogen) atoms. The summed E-state index contributed by atoms with van der Waals surface area (Å²) in [5, 5.41) is 0. The Kier molecular flexibility index (Phi) is 3.46. The van der Waals surface area contributed by atoms with Crippen LogP contribution in [-0.4, -0.2) is 64.1 Å². The molecule has 6 heteroatoms. The standard InChI is InChI=1S/C16H24N4O2/c1-18-10-17-5-12(18)6-20-7-13-14(8-20)19(2)16(21)15(13)22-9-11-3-4-11/h5,10-11,13-15H,3-4,6-9H2,1-2H3/t13-,14+,15-/m0/s1. The first-order valence-corrected chi connectivity index (χ1v) is 8.19. The third-order valence-electron chi connectivity index (χ3n) is 5.40. The molecule has 1 aromatic heterocycles. The third-order valence-corrected chi connectivity index (χ3v) is 5.40. The lowest BCUT2D eigenvalue weighted by Gasteiger charge is -2.22. The Balaban J connectivity index is 1.42. The Bertz CT molecular complexity index is 568. The van der Waals surface area contributed by atoms with E-state index in [1.54, 1.807) is 0 Å². The fourth-order valence-corrected chi connectivity index (χ4v) is 3.76. The maximum atomic E-state index is 12.4. The van der Waals surface area contributed by atoms with Gasteiger partial charge in [-0.1, -0.05) is 0 Å². The van der Waals surface area contributed by atoms with Crippen LogP contribution in [0.25, 0.3) is 0 Å². The smallest absolute Gasteiger partial charge is 0.252 e. The zero-order chi connectivity index (χ0) is 15.3. The molecular weight excluding hydrogens is 280 g/mol. The van der Waals surface area contributed by atoms with Gasteiger partial charge in [0.1, 0.15) is 6.10 Å². The second-order valence-corrected chi connectivity index (χ2v) is 7.07. The molecule has 120 valence electrons. The molecule has 0 unspecified atom stereocenters. The highest BCUT2D eigenvalue weighted by atomic mass is 16.5. The minimum Gasteiger partial charge on any atom is -0.368 e. The van der Waals surface area contributed by atoms with Gasteiger partial charge in [-0.15, -0.1) is 0 Å². The van der Waals surface area contributed by atoms with E-state index in [-0.39, 0.29) is 12.0 Å². The van der Waals surface area contributed by atoms with E-state index in [1.165, 1.54) is 18.5 Å². The monoisotopic (exact) mass is 304 g/mol. The van der Waals surface area contributed by atoms with E-state index in [1.807, 2.05) is 31.5 Å².